The van der Waals surface area contributed by atoms with Crippen molar-refractivity contribution in [1.29, 1.82) is 0 Å². The number of carbonyl (C=O) groups excluding carboxylic acids is 1. The first-order valence-corrected chi connectivity index (χ1v) is 9.45. The van der Waals surface area contributed by atoms with Crippen LogP contribution in [0.25, 0.3) is 0 Å². The molecule has 5 nitrogen and oxygen atoms in total. The minimum atomic E-state index is -0.300. The summed E-state index contributed by atoms with van der Waals surface area (Å²) in [7, 11) is 0. The first-order valence-electron chi connectivity index (χ1n) is 8.25. The highest BCUT2D eigenvalue weighted by molar-refractivity contribution is 7.15. The van der Waals surface area contributed by atoms with E-state index in [1.54, 1.807) is 24.3 Å². The number of aryl methyl sites for hydroxylation is 1. The standard InChI is InChI=1S/C19H18ClN3O2S/c1-2-13-7-9-14(10-8-13)25-12-11-17-22-23-19(26-17)21-18(24)15-5-3-4-6-16(15)20/h3-10H,2,11-12H2,1H3,(H,21,23,24). The second-order valence-electron chi connectivity index (χ2n) is 5.53. The van der Waals surface area contributed by atoms with Gasteiger partial charge in [-0.05, 0) is 36.2 Å². The van der Waals surface area contributed by atoms with E-state index in [-0.39, 0.29) is 5.91 Å². The summed E-state index contributed by atoms with van der Waals surface area (Å²) in [6, 6.07) is 14.9. The molecule has 0 saturated heterocycles. The maximum Gasteiger partial charge on any atom is 0.259 e. The van der Waals surface area contributed by atoms with Crippen molar-refractivity contribution in [3.63, 3.8) is 0 Å². The largest absolute Gasteiger partial charge is 0.493 e. The monoisotopic (exact) mass is 387 g/mol. The van der Waals surface area contributed by atoms with Gasteiger partial charge >= 0.3 is 0 Å². The van der Waals surface area contributed by atoms with Crippen LogP contribution in [0.4, 0.5) is 5.13 Å². The highest BCUT2D eigenvalue weighted by atomic mass is 35.5. The Morgan fingerprint density at radius 2 is 1.92 bits per heavy atom. The first kappa shape index (κ1) is 18.4. The average molecular weight is 388 g/mol. The molecule has 1 amide bonds. The fourth-order valence-electron chi connectivity index (χ4n) is 2.29. The lowest BCUT2D eigenvalue weighted by atomic mass is 10.2. The van der Waals surface area contributed by atoms with E-state index < -0.39 is 0 Å². The molecule has 3 rings (SSSR count). The molecule has 0 aliphatic heterocycles. The predicted molar refractivity (Wildman–Crippen MR) is 104 cm³/mol. The Hall–Kier alpha value is -2.44. The Bertz CT molecular complexity index is 881. The maximum atomic E-state index is 12.2. The van der Waals surface area contributed by atoms with Crippen LogP contribution in [0.3, 0.4) is 0 Å². The molecule has 1 aromatic heterocycles. The molecule has 1 N–H and O–H groups in total. The highest BCUT2D eigenvalue weighted by Gasteiger charge is 2.12. The number of nitrogens with one attached hydrogen (secondary N) is 1. The van der Waals surface area contributed by atoms with Gasteiger partial charge in [-0.1, -0.05) is 54.1 Å². The van der Waals surface area contributed by atoms with Gasteiger partial charge in [0.15, 0.2) is 0 Å². The van der Waals surface area contributed by atoms with Crippen LogP contribution in [0.5, 0.6) is 5.75 Å². The summed E-state index contributed by atoms with van der Waals surface area (Å²) < 4.78 is 5.72. The molecule has 0 unspecified atom stereocenters. The summed E-state index contributed by atoms with van der Waals surface area (Å²) in [5.74, 6) is 0.532. The van der Waals surface area contributed by atoms with Gasteiger partial charge in [-0.3, -0.25) is 10.1 Å². The molecule has 0 bridgehead atoms. The maximum absolute atomic E-state index is 12.2. The van der Waals surface area contributed by atoms with Crippen molar-refractivity contribution in [2.75, 3.05) is 11.9 Å². The van der Waals surface area contributed by atoms with Gasteiger partial charge in [0.05, 0.1) is 17.2 Å². The quantitative estimate of drug-likeness (QED) is 0.642. The van der Waals surface area contributed by atoms with E-state index in [4.69, 9.17) is 16.3 Å². The van der Waals surface area contributed by atoms with Crippen LogP contribution in [0.2, 0.25) is 5.02 Å². The van der Waals surface area contributed by atoms with Gasteiger partial charge < -0.3 is 4.74 Å². The molecule has 0 aliphatic rings. The Kier molecular flexibility index (Phi) is 6.20. The molecule has 7 heteroatoms. The van der Waals surface area contributed by atoms with Crippen molar-refractivity contribution in [1.82, 2.24) is 10.2 Å². The number of ether oxygens (including phenoxy) is 1. The van der Waals surface area contributed by atoms with E-state index in [2.05, 4.69) is 34.6 Å². The van der Waals surface area contributed by atoms with E-state index >= 15 is 0 Å². The lowest BCUT2D eigenvalue weighted by Gasteiger charge is -2.05. The van der Waals surface area contributed by atoms with Crippen LogP contribution in [-0.4, -0.2) is 22.7 Å². The number of nitrogens with zero attached hydrogens (tertiary/aromatic N) is 2. The third-order valence-electron chi connectivity index (χ3n) is 3.72. The minimum absolute atomic E-state index is 0.300. The molecular formula is C19H18ClN3O2S. The van der Waals surface area contributed by atoms with Crippen LogP contribution in [-0.2, 0) is 12.8 Å². The normalized spacial score (nSPS) is 10.5. The molecule has 0 fully saturated rings. The van der Waals surface area contributed by atoms with Gasteiger partial charge in [0.1, 0.15) is 10.8 Å². The number of amides is 1. The van der Waals surface area contributed by atoms with Crippen molar-refractivity contribution in [2.24, 2.45) is 0 Å². The lowest BCUT2D eigenvalue weighted by molar-refractivity contribution is 0.102. The lowest BCUT2D eigenvalue weighted by Crippen LogP contribution is -2.12. The van der Waals surface area contributed by atoms with Crippen LogP contribution in [0.15, 0.2) is 48.5 Å². The number of anilines is 1. The molecule has 1 heterocycles. The summed E-state index contributed by atoms with van der Waals surface area (Å²) in [5.41, 5.74) is 1.69. The summed E-state index contributed by atoms with van der Waals surface area (Å²) in [5, 5.41) is 12.4. The van der Waals surface area contributed by atoms with Gasteiger partial charge in [-0.25, -0.2) is 0 Å². The Balaban J connectivity index is 1.51. The molecule has 0 aliphatic carbocycles. The number of aromatic nitrogens is 2. The van der Waals surface area contributed by atoms with E-state index in [0.717, 1.165) is 17.2 Å². The van der Waals surface area contributed by atoms with Crippen molar-refractivity contribution in [3.05, 3.63) is 69.7 Å². The molecule has 3 aromatic rings. The number of hydrogen-bond acceptors (Lipinski definition) is 5. The molecule has 26 heavy (non-hydrogen) atoms. The van der Waals surface area contributed by atoms with Crippen molar-refractivity contribution >= 4 is 34.0 Å². The fraction of sp³-hybridized carbons (Fsp3) is 0.211. The number of hydrogen-bond donors (Lipinski definition) is 1. The number of rotatable bonds is 7. The number of carbonyl (C=O) groups is 1. The molecule has 0 spiro atoms. The summed E-state index contributed by atoms with van der Waals surface area (Å²) >= 11 is 7.35. The van der Waals surface area contributed by atoms with Crippen LogP contribution in [0, 0.1) is 0 Å². The minimum Gasteiger partial charge on any atom is -0.493 e. The number of halogens is 1. The second-order valence-corrected chi connectivity index (χ2v) is 7.00. The van der Waals surface area contributed by atoms with Gasteiger partial charge in [-0.15, -0.1) is 10.2 Å². The first-order chi connectivity index (χ1) is 12.7. The zero-order valence-electron chi connectivity index (χ0n) is 14.2. The Labute approximate surface area is 161 Å². The Morgan fingerprint density at radius 3 is 2.65 bits per heavy atom. The summed E-state index contributed by atoms with van der Waals surface area (Å²) in [4.78, 5) is 12.2. The third-order valence-corrected chi connectivity index (χ3v) is 4.95. The molecule has 0 saturated carbocycles. The van der Waals surface area contributed by atoms with E-state index in [9.17, 15) is 4.79 Å². The second kappa shape index (κ2) is 8.78. The fourth-order valence-corrected chi connectivity index (χ4v) is 3.23. The van der Waals surface area contributed by atoms with Crippen molar-refractivity contribution in [2.45, 2.75) is 19.8 Å². The van der Waals surface area contributed by atoms with Crippen molar-refractivity contribution in [3.8, 4) is 5.75 Å². The zero-order valence-corrected chi connectivity index (χ0v) is 15.8. The van der Waals surface area contributed by atoms with Crippen molar-refractivity contribution < 1.29 is 9.53 Å². The van der Waals surface area contributed by atoms with Crippen LogP contribution < -0.4 is 10.1 Å². The highest BCUT2D eigenvalue weighted by Crippen LogP contribution is 2.20. The van der Waals surface area contributed by atoms with E-state index in [1.165, 1.54) is 16.9 Å². The Morgan fingerprint density at radius 1 is 1.15 bits per heavy atom. The number of benzene rings is 2. The molecular weight excluding hydrogens is 370 g/mol. The smallest absolute Gasteiger partial charge is 0.259 e. The third kappa shape index (κ3) is 4.80. The molecule has 134 valence electrons. The predicted octanol–water partition coefficient (Wildman–Crippen LogP) is 4.63. The van der Waals surface area contributed by atoms with Gasteiger partial charge in [0.25, 0.3) is 5.91 Å². The van der Waals surface area contributed by atoms with Crippen LogP contribution in [0.1, 0.15) is 27.9 Å². The molecule has 2 aromatic carbocycles. The molecule has 0 radical (unpaired) electrons. The van der Waals surface area contributed by atoms with Gasteiger partial charge in [0, 0.05) is 6.42 Å². The van der Waals surface area contributed by atoms with E-state index in [1.807, 2.05) is 12.1 Å². The molecule has 0 atom stereocenters. The summed E-state index contributed by atoms with van der Waals surface area (Å²) in [6.45, 7) is 2.62. The SMILES string of the molecule is CCc1ccc(OCCc2nnc(NC(=O)c3ccccc3Cl)s2)cc1. The van der Waals surface area contributed by atoms with E-state index in [0.29, 0.717) is 28.7 Å². The summed E-state index contributed by atoms with van der Waals surface area (Å²) in [6.07, 6.45) is 1.63. The van der Waals surface area contributed by atoms with Crippen LogP contribution >= 0.6 is 22.9 Å². The zero-order chi connectivity index (χ0) is 18.4. The van der Waals surface area contributed by atoms with Gasteiger partial charge in [-0.2, -0.15) is 0 Å². The topological polar surface area (TPSA) is 64.1 Å². The average Bonchev–Trinajstić information content (AvgIpc) is 3.10. The van der Waals surface area contributed by atoms with Gasteiger partial charge in [0.2, 0.25) is 5.13 Å².